The third-order valence-electron chi connectivity index (χ3n) is 7.24. The Kier molecular flexibility index (Phi) is 5.46. The molecule has 0 atom stereocenters. The number of hydrogen-bond donors (Lipinski definition) is 0. The van der Waals surface area contributed by atoms with Gasteiger partial charge in [-0.15, -0.1) is 0 Å². The summed E-state index contributed by atoms with van der Waals surface area (Å²) >= 11 is -2.05. The topological polar surface area (TPSA) is 26.0 Å². The second-order valence-electron chi connectivity index (χ2n) is 8.76. The summed E-state index contributed by atoms with van der Waals surface area (Å²) in [6, 6.07) is 25.6. The molecule has 5 aromatic rings. The molecule has 0 radical (unpaired) electrons. The molecule has 166 valence electrons. The van der Waals surface area contributed by atoms with Crippen molar-refractivity contribution < 1.29 is 7.16 Å². The number of pyridine rings is 1. The van der Waals surface area contributed by atoms with E-state index in [1.54, 1.807) is 0 Å². The molecule has 2 heterocycles. The Hall–Kier alpha value is -2.85. The fraction of sp³-hybridized carbons (Fsp3) is 0.233. The molecule has 0 fully saturated rings. The third-order valence-corrected chi connectivity index (χ3v) is 19.0. The van der Waals surface area contributed by atoms with Gasteiger partial charge >= 0.3 is 172 Å². The van der Waals surface area contributed by atoms with E-state index < -0.39 is 19.6 Å². The van der Waals surface area contributed by atoms with Crippen molar-refractivity contribution in [3.63, 3.8) is 0 Å². The first-order valence-corrected chi connectivity index (χ1v) is 17.4. The molecule has 3 heteroatoms. The van der Waals surface area contributed by atoms with Crippen LogP contribution in [0.25, 0.3) is 33.2 Å². The van der Waals surface area contributed by atoms with Crippen molar-refractivity contribution in [2.75, 3.05) is 0 Å². The van der Waals surface area contributed by atoms with Crippen molar-refractivity contribution in [2.24, 2.45) is 0 Å². The molecule has 2 nitrogen and oxygen atoms in total. The molecule has 0 saturated heterocycles. The first-order valence-electron chi connectivity index (χ1n) is 12.9. The number of furan rings is 1. The summed E-state index contributed by atoms with van der Waals surface area (Å²) in [5.41, 5.74) is 4.60. The molecule has 3 aromatic carbocycles. The average molecular weight is 496 g/mol. The zero-order chi connectivity index (χ0) is 24.6. The number of aromatic nitrogens is 1. The summed E-state index contributed by atoms with van der Waals surface area (Å²) < 4.78 is 25.3. The van der Waals surface area contributed by atoms with Gasteiger partial charge in [0.25, 0.3) is 0 Å². The van der Waals surface area contributed by atoms with Crippen LogP contribution in [-0.2, 0) is 6.37 Å². The zero-order valence-corrected chi connectivity index (χ0v) is 21.7. The Bertz CT molecular complexity index is 1460. The standard InChI is InChI=1S/C30H31GeNO/c1-4-31(5-2,6-3)24-16-18-28(32-21-24)27-14-10-13-26-25-17-15-23(20-29(25)33-30(26)27)19-22-11-8-7-9-12-22/h7-18,20-21H,4-6,19H2,1-3H3/i19D2. The van der Waals surface area contributed by atoms with Crippen molar-refractivity contribution in [2.45, 2.75) is 42.9 Å². The van der Waals surface area contributed by atoms with Gasteiger partial charge in [0.05, 0.1) is 0 Å². The van der Waals surface area contributed by atoms with E-state index in [0.29, 0.717) is 16.7 Å². The number of hydrogen-bond acceptors (Lipinski definition) is 2. The monoisotopic (exact) mass is 497 g/mol. The predicted molar refractivity (Wildman–Crippen MR) is 143 cm³/mol. The van der Waals surface area contributed by atoms with Crippen LogP contribution in [0, 0.1) is 0 Å². The van der Waals surface area contributed by atoms with Gasteiger partial charge in [0, 0.05) is 0 Å². The summed E-state index contributed by atoms with van der Waals surface area (Å²) in [4.78, 5) is 4.90. The van der Waals surface area contributed by atoms with Gasteiger partial charge in [-0.3, -0.25) is 0 Å². The third kappa shape index (κ3) is 4.02. The van der Waals surface area contributed by atoms with Crippen LogP contribution < -0.4 is 4.40 Å². The number of nitrogens with zero attached hydrogens (tertiary/aromatic N) is 1. The average Bonchev–Trinajstić information content (AvgIpc) is 3.29. The molecule has 0 spiro atoms. The van der Waals surface area contributed by atoms with Crippen molar-refractivity contribution >= 4 is 39.6 Å². The van der Waals surface area contributed by atoms with Gasteiger partial charge in [-0.25, -0.2) is 0 Å². The van der Waals surface area contributed by atoms with Gasteiger partial charge in [0.15, 0.2) is 0 Å². The van der Waals surface area contributed by atoms with Gasteiger partial charge in [0.1, 0.15) is 0 Å². The zero-order valence-electron chi connectivity index (χ0n) is 21.6. The number of fused-ring (bicyclic) bond motifs is 3. The summed E-state index contributed by atoms with van der Waals surface area (Å²) in [5.74, 6) is 0. The Balaban J connectivity index is 1.59. The molecule has 0 amide bonds. The summed E-state index contributed by atoms with van der Waals surface area (Å²) in [5, 5.41) is 5.87. The van der Waals surface area contributed by atoms with Crippen LogP contribution in [0.1, 0.15) is 34.6 Å². The summed E-state index contributed by atoms with van der Waals surface area (Å²) in [7, 11) is 0. The molecular formula is C30H31GeNO. The molecule has 0 aliphatic carbocycles. The van der Waals surface area contributed by atoms with Crippen LogP contribution in [-0.4, -0.2) is 18.3 Å². The Morgan fingerprint density at radius 1 is 0.788 bits per heavy atom. The fourth-order valence-corrected chi connectivity index (χ4v) is 12.3. The number of rotatable bonds is 7. The van der Waals surface area contributed by atoms with Crippen LogP contribution in [0.2, 0.25) is 15.8 Å². The normalized spacial score (nSPS) is 13.3. The van der Waals surface area contributed by atoms with Crippen LogP contribution in [0.3, 0.4) is 0 Å². The quantitative estimate of drug-likeness (QED) is 0.214. The minimum atomic E-state index is -2.05. The molecule has 0 aliphatic rings. The molecule has 0 unspecified atom stereocenters. The minimum absolute atomic E-state index is 0.584. The predicted octanol–water partition coefficient (Wildman–Crippen LogP) is 7.95. The Morgan fingerprint density at radius 3 is 2.27 bits per heavy atom. The first-order chi connectivity index (χ1) is 16.9. The Labute approximate surface area is 201 Å². The van der Waals surface area contributed by atoms with Gasteiger partial charge in [-0.2, -0.15) is 0 Å². The van der Waals surface area contributed by atoms with Crippen LogP contribution in [0.4, 0.5) is 0 Å². The molecule has 33 heavy (non-hydrogen) atoms. The molecule has 0 bridgehead atoms. The van der Waals surface area contributed by atoms with Crippen molar-refractivity contribution in [3.8, 4) is 11.3 Å². The van der Waals surface area contributed by atoms with E-state index in [1.807, 2.05) is 54.6 Å². The van der Waals surface area contributed by atoms with Crippen LogP contribution in [0.5, 0.6) is 0 Å². The van der Waals surface area contributed by atoms with E-state index in [1.165, 1.54) is 20.2 Å². The van der Waals surface area contributed by atoms with E-state index in [4.69, 9.17) is 12.1 Å². The summed E-state index contributed by atoms with van der Waals surface area (Å²) in [6.07, 6.45) is 0.504. The van der Waals surface area contributed by atoms with Crippen molar-refractivity contribution in [1.29, 1.82) is 0 Å². The summed E-state index contributed by atoms with van der Waals surface area (Å²) in [6.45, 7) is 7.01. The molecule has 0 saturated carbocycles. The first kappa shape index (κ1) is 19.6. The van der Waals surface area contributed by atoms with E-state index in [-0.39, 0.29) is 0 Å². The molecule has 2 aromatic heterocycles. The molecular weight excluding hydrogens is 463 g/mol. The molecule has 0 N–H and O–H groups in total. The van der Waals surface area contributed by atoms with E-state index in [9.17, 15) is 0 Å². The van der Waals surface area contributed by atoms with Gasteiger partial charge in [-0.05, 0) is 0 Å². The molecule has 5 rings (SSSR count). The molecule has 0 aliphatic heterocycles. The fourth-order valence-electron chi connectivity index (χ4n) is 5.00. The van der Waals surface area contributed by atoms with Crippen LogP contribution in [0.15, 0.2) is 89.5 Å². The maximum absolute atomic E-state index is 8.73. The SMILES string of the molecule is [2H]C([2H])(c1ccccc1)c1ccc2c(c1)oc1c(-c3cc[c]([Ge]([CH2]C)([CH2]C)[CH2]C)cn3)cccc12. The van der Waals surface area contributed by atoms with Gasteiger partial charge in [-0.1, -0.05) is 30.3 Å². The van der Waals surface area contributed by atoms with Crippen molar-refractivity contribution in [3.05, 3.63) is 96.2 Å². The van der Waals surface area contributed by atoms with Gasteiger partial charge in [0.2, 0.25) is 0 Å². The Morgan fingerprint density at radius 2 is 1.58 bits per heavy atom. The van der Waals surface area contributed by atoms with Gasteiger partial charge < -0.3 is 0 Å². The second-order valence-corrected chi connectivity index (χ2v) is 19.8. The second kappa shape index (κ2) is 9.19. The van der Waals surface area contributed by atoms with E-state index in [0.717, 1.165) is 27.6 Å². The van der Waals surface area contributed by atoms with Crippen LogP contribution >= 0.6 is 0 Å². The van der Waals surface area contributed by atoms with E-state index in [2.05, 4.69) is 51.2 Å². The van der Waals surface area contributed by atoms with E-state index >= 15 is 0 Å². The maximum atomic E-state index is 8.73. The number of benzene rings is 3. The van der Waals surface area contributed by atoms with Crippen molar-refractivity contribution in [1.82, 2.24) is 4.98 Å². The number of para-hydroxylation sites is 1.